The number of hydrogen-bond donors (Lipinski definition) is 1. The molecule has 26 heavy (non-hydrogen) atoms. The van der Waals surface area contributed by atoms with Gasteiger partial charge in [0.1, 0.15) is 0 Å². The van der Waals surface area contributed by atoms with E-state index >= 15 is 0 Å². The second-order valence-electron chi connectivity index (χ2n) is 6.34. The highest BCUT2D eigenvalue weighted by atomic mass is 16.5. The highest BCUT2D eigenvalue weighted by Crippen LogP contribution is 2.41. The molecule has 1 aromatic carbocycles. The smallest absolute Gasteiger partial charge is 0.223 e. The maximum atomic E-state index is 12.1. The van der Waals surface area contributed by atoms with E-state index in [4.69, 9.17) is 14.2 Å². The van der Waals surface area contributed by atoms with Crippen LogP contribution in [0.5, 0.6) is 17.2 Å². The van der Waals surface area contributed by atoms with E-state index in [1.165, 1.54) is 33.2 Å². The molecule has 146 valence electrons. The van der Waals surface area contributed by atoms with Gasteiger partial charge in [-0.1, -0.05) is 13.8 Å². The lowest BCUT2D eigenvalue weighted by Crippen LogP contribution is -2.34. The fourth-order valence-corrected chi connectivity index (χ4v) is 2.49. The van der Waals surface area contributed by atoms with Crippen LogP contribution in [0.4, 0.5) is 5.69 Å². The third-order valence-electron chi connectivity index (χ3n) is 3.95. The lowest BCUT2D eigenvalue weighted by molar-refractivity contribution is -0.121. The van der Waals surface area contributed by atoms with Crippen LogP contribution < -0.4 is 24.4 Å². The second-order valence-corrected chi connectivity index (χ2v) is 6.34. The Bertz CT molecular complexity index is 591. The predicted molar refractivity (Wildman–Crippen MR) is 101 cm³/mol. The maximum absolute atomic E-state index is 12.1. The van der Waals surface area contributed by atoms with Gasteiger partial charge in [-0.25, -0.2) is 0 Å². The largest absolute Gasteiger partial charge is 0.493 e. The van der Waals surface area contributed by atoms with Gasteiger partial charge in [-0.2, -0.15) is 0 Å². The molecule has 0 fully saturated rings. The average molecular weight is 366 g/mol. The molecule has 0 radical (unpaired) electrons. The fraction of sp³-hybridized carbons (Fsp3) is 0.579. The van der Waals surface area contributed by atoms with Gasteiger partial charge >= 0.3 is 0 Å². The second kappa shape index (κ2) is 10.5. The molecule has 1 aromatic rings. The number of ether oxygens (including phenoxy) is 3. The molecule has 0 aliphatic carbocycles. The SMILES string of the molecule is COc1cc(N(CCC(=O)NCCC(C)C)C(C)=O)cc(OC)c1OC. The number of hydrogen-bond acceptors (Lipinski definition) is 5. The summed E-state index contributed by atoms with van der Waals surface area (Å²) in [6.07, 6.45) is 1.14. The molecule has 7 heteroatoms. The van der Waals surface area contributed by atoms with Crippen LogP contribution in [0.25, 0.3) is 0 Å². The molecule has 2 amide bonds. The van der Waals surface area contributed by atoms with Crippen LogP contribution in [0.1, 0.15) is 33.6 Å². The Kier molecular flexibility index (Phi) is 8.75. The van der Waals surface area contributed by atoms with Crippen molar-refractivity contribution < 1.29 is 23.8 Å². The highest BCUT2D eigenvalue weighted by molar-refractivity contribution is 5.93. The maximum Gasteiger partial charge on any atom is 0.223 e. The molecule has 7 nitrogen and oxygen atoms in total. The van der Waals surface area contributed by atoms with Crippen LogP contribution in [0.3, 0.4) is 0 Å². The van der Waals surface area contributed by atoms with Gasteiger partial charge in [0.15, 0.2) is 11.5 Å². The van der Waals surface area contributed by atoms with Gasteiger partial charge in [-0.05, 0) is 12.3 Å². The number of nitrogens with one attached hydrogen (secondary N) is 1. The zero-order valence-corrected chi connectivity index (χ0v) is 16.5. The molecule has 0 aliphatic heterocycles. The summed E-state index contributed by atoms with van der Waals surface area (Å²) in [4.78, 5) is 25.6. The molecule has 0 saturated heterocycles. The fourth-order valence-electron chi connectivity index (χ4n) is 2.49. The molecule has 0 atom stereocenters. The molecule has 0 aromatic heterocycles. The molecule has 0 heterocycles. The van der Waals surface area contributed by atoms with E-state index in [-0.39, 0.29) is 24.8 Å². The van der Waals surface area contributed by atoms with Gasteiger partial charge in [0.2, 0.25) is 17.6 Å². The Morgan fingerprint density at radius 2 is 1.65 bits per heavy atom. The Morgan fingerprint density at radius 1 is 1.08 bits per heavy atom. The van der Waals surface area contributed by atoms with Crippen molar-refractivity contribution in [1.29, 1.82) is 0 Å². The van der Waals surface area contributed by atoms with E-state index in [1.807, 2.05) is 0 Å². The standard InChI is InChI=1S/C19H30N2O5/c1-13(2)7-9-20-18(23)8-10-21(14(3)22)15-11-16(24-4)19(26-6)17(12-15)25-5/h11-13H,7-10H2,1-6H3,(H,20,23). The number of anilines is 1. The van der Waals surface area contributed by atoms with Crippen molar-refractivity contribution in [2.24, 2.45) is 5.92 Å². The van der Waals surface area contributed by atoms with Crippen LogP contribution in [0.2, 0.25) is 0 Å². The number of rotatable bonds is 10. The number of benzene rings is 1. The third kappa shape index (κ3) is 6.13. The van der Waals surface area contributed by atoms with Crippen molar-refractivity contribution in [1.82, 2.24) is 5.32 Å². The van der Waals surface area contributed by atoms with Crippen LogP contribution in [-0.4, -0.2) is 46.2 Å². The quantitative estimate of drug-likeness (QED) is 0.689. The molecule has 1 N–H and O–H groups in total. The van der Waals surface area contributed by atoms with Crippen molar-refractivity contribution in [3.05, 3.63) is 12.1 Å². The highest BCUT2D eigenvalue weighted by Gasteiger charge is 2.19. The van der Waals surface area contributed by atoms with Gasteiger partial charge in [-0.3, -0.25) is 9.59 Å². The first kappa shape index (κ1) is 21.6. The van der Waals surface area contributed by atoms with E-state index in [9.17, 15) is 9.59 Å². The van der Waals surface area contributed by atoms with Gasteiger partial charge in [-0.15, -0.1) is 0 Å². The lowest BCUT2D eigenvalue weighted by atomic mass is 10.1. The minimum Gasteiger partial charge on any atom is -0.493 e. The summed E-state index contributed by atoms with van der Waals surface area (Å²) >= 11 is 0. The molecule has 0 unspecified atom stereocenters. The molecular weight excluding hydrogens is 336 g/mol. The van der Waals surface area contributed by atoms with E-state index in [0.29, 0.717) is 35.4 Å². The zero-order chi connectivity index (χ0) is 19.7. The summed E-state index contributed by atoms with van der Waals surface area (Å²) in [7, 11) is 4.55. The lowest BCUT2D eigenvalue weighted by Gasteiger charge is -2.23. The molecule has 0 saturated carbocycles. The Morgan fingerprint density at radius 3 is 2.08 bits per heavy atom. The van der Waals surface area contributed by atoms with E-state index in [2.05, 4.69) is 19.2 Å². The first-order valence-electron chi connectivity index (χ1n) is 8.68. The number of amides is 2. The van der Waals surface area contributed by atoms with Crippen molar-refractivity contribution >= 4 is 17.5 Å². The van der Waals surface area contributed by atoms with Crippen molar-refractivity contribution in [2.45, 2.75) is 33.6 Å². The molecule has 0 aliphatic rings. The summed E-state index contributed by atoms with van der Waals surface area (Å²) in [6, 6.07) is 3.39. The first-order chi connectivity index (χ1) is 12.3. The van der Waals surface area contributed by atoms with Crippen molar-refractivity contribution in [2.75, 3.05) is 39.3 Å². The number of methoxy groups -OCH3 is 3. The first-order valence-corrected chi connectivity index (χ1v) is 8.68. The summed E-state index contributed by atoms with van der Waals surface area (Å²) in [5.74, 6) is 1.64. The predicted octanol–water partition coefficient (Wildman–Crippen LogP) is 2.62. The summed E-state index contributed by atoms with van der Waals surface area (Å²) < 4.78 is 16.0. The van der Waals surface area contributed by atoms with E-state index < -0.39 is 0 Å². The number of carbonyl (C=O) groups excluding carboxylic acids is 2. The molecule has 1 rings (SSSR count). The van der Waals surface area contributed by atoms with Crippen LogP contribution in [-0.2, 0) is 9.59 Å². The minimum atomic E-state index is -0.172. The van der Waals surface area contributed by atoms with E-state index in [0.717, 1.165) is 6.42 Å². The Balaban J connectivity index is 2.90. The summed E-state index contributed by atoms with van der Waals surface area (Å²) in [5, 5.41) is 2.88. The monoisotopic (exact) mass is 366 g/mol. The average Bonchev–Trinajstić information content (AvgIpc) is 2.60. The zero-order valence-electron chi connectivity index (χ0n) is 16.5. The Labute approximate surface area is 155 Å². The van der Waals surface area contributed by atoms with Gasteiger partial charge in [0, 0.05) is 38.6 Å². The third-order valence-corrected chi connectivity index (χ3v) is 3.95. The van der Waals surface area contributed by atoms with Gasteiger partial charge < -0.3 is 24.4 Å². The van der Waals surface area contributed by atoms with Crippen LogP contribution >= 0.6 is 0 Å². The van der Waals surface area contributed by atoms with Gasteiger partial charge in [0.25, 0.3) is 0 Å². The van der Waals surface area contributed by atoms with Crippen molar-refractivity contribution in [3.8, 4) is 17.2 Å². The molecule has 0 bridgehead atoms. The normalized spacial score (nSPS) is 10.4. The summed E-state index contributed by atoms with van der Waals surface area (Å²) in [6.45, 7) is 6.57. The van der Waals surface area contributed by atoms with E-state index in [1.54, 1.807) is 12.1 Å². The molecular formula is C19H30N2O5. The van der Waals surface area contributed by atoms with Crippen LogP contribution in [0, 0.1) is 5.92 Å². The molecule has 0 spiro atoms. The minimum absolute atomic E-state index is 0.0793. The van der Waals surface area contributed by atoms with Gasteiger partial charge in [0.05, 0.1) is 27.0 Å². The number of nitrogens with zero attached hydrogens (tertiary/aromatic N) is 1. The number of carbonyl (C=O) groups is 2. The van der Waals surface area contributed by atoms with Crippen molar-refractivity contribution in [3.63, 3.8) is 0 Å². The summed E-state index contributed by atoms with van der Waals surface area (Å²) in [5.41, 5.74) is 0.585. The Hall–Kier alpha value is -2.44. The topological polar surface area (TPSA) is 77.1 Å². The van der Waals surface area contributed by atoms with Crippen LogP contribution in [0.15, 0.2) is 12.1 Å².